The van der Waals surface area contributed by atoms with Crippen molar-refractivity contribution in [1.82, 2.24) is 9.62 Å². The molecule has 0 saturated carbocycles. The van der Waals surface area contributed by atoms with Crippen molar-refractivity contribution in [1.29, 1.82) is 0 Å². The molecule has 22 heavy (non-hydrogen) atoms. The topological polar surface area (TPSA) is 58.6 Å². The van der Waals surface area contributed by atoms with Crippen molar-refractivity contribution < 1.29 is 17.5 Å². The number of nitrogens with one attached hydrogen (secondary N) is 1. The zero-order chi connectivity index (χ0) is 16.6. The molecule has 7 heteroatoms. The molecule has 1 aromatic rings. The molecule has 0 atom stereocenters. The van der Waals surface area contributed by atoms with Gasteiger partial charge < -0.3 is 9.64 Å². The SMILES string of the molecule is CCN(CC)CCOCCNS(=O)(=O)c1ccc(F)cc1C. The first-order valence-corrected chi connectivity index (χ1v) is 8.95. The molecule has 0 aliphatic carbocycles. The van der Waals surface area contributed by atoms with Gasteiger partial charge in [-0.3, -0.25) is 0 Å². The van der Waals surface area contributed by atoms with Gasteiger partial charge in [-0.05, 0) is 43.8 Å². The van der Waals surface area contributed by atoms with Gasteiger partial charge >= 0.3 is 0 Å². The minimum atomic E-state index is -3.63. The molecule has 0 amide bonds. The predicted molar refractivity (Wildman–Crippen MR) is 84.9 cm³/mol. The summed E-state index contributed by atoms with van der Waals surface area (Å²) in [5.74, 6) is -0.448. The molecule has 126 valence electrons. The first kappa shape index (κ1) is 19.0. The van der Waals surface area contributed by atoms with E-state index in [9.17, 15) is 12.8 Å². The van der Waals surface area contributed by atoms with Crippen LogP contribution in [-0.4, -0.2) is 52.7 Å². The second-order valence-electron chi connectivity index (χ2n) is 4.95. The second kappa shape index (κ2) is 9.19. The molecule has 0 unspecified atom stereocenters. The number of hydrogen-bond acceptors (Lipinski definition) is 4. The molecular weight excluding hydrogens is 307 g/mol. The van der Waals surface area contributed by atoms with Crippen LogP contribution in [0.2, 0.25) is 0 Å². The van der Waals surface area contributed by atoms with Crippen molar-refractivity contribution in [3.63, 3.8) is 0 Å². The summed E-state index contributed by atoms with van der Waals surface area (Å²) in [4.78, 5) is 2.32. The number of rotatable bonds is 10. The van der Waals surface area contributed by atoms with Gasteiger partial charge in [0.25, 0.3) is 0 Å². The van der Waals surface area contributed by atoms with Crippen molar-refractivity contribution in [2.24, 2.45) is 0 Å². The summed E-state index contributed by atoms with van der Waals surface area (Å²) >= 11 is 0. The monoisotopic (exact) mass is 332 g/mol. The maximum atomic E-state index is 13.0. The summed E-state index contributed by atoms with van der Waals surface area (Å²) in [6, 6.07) is 3.62. The number of nitrogens with zero attached hydrogens (tertiary/aromatic N) is 1. The van der Waals surface area contributed by atoms with Gasteiger partial charge in [0.05, 0.1) is 18.1 Å². The zero-order valence-corrected chi connectivity index (χ0v) is 14.2. The van der Waals surface area contributed by atoms with Crippen LogP contribution in [0.25, 0.3) is 0 Å². The number of halogens is 1. The van der Waals surface area contributed by atoms with Gasteiger partial charge in [0.2, 0.25) is 10.0 Å². The molecule has 0 aliphatic rings. The molecule has 1 N–H and O–H groups in total. The molecule has 0 saturated heterocycles. The third-order valence-corrected chi connectivity index (χ3v) is 5.03. The quantitative estimate of drug-likeness (QED) is 0.664. The highest BCUT2D eigenvalue weighted by molar-refractivity contribution is 7.89. The van der Waals surface area contributed by atoms with E-state index in [0.717, 1.165) is 25.7 Å². The Balaban J connectivity index is 2.37. The van der Waals surface area contributed by atoms with Crippen LogP contribution in [0.1, 0.15) is 19.4 Å². The molecule has 0 aliphatic heterocycles. The largest absolute Gasteiger partial charge is 0.379 e. The highest BCUT2D eigenvalue weighted by Gasteiger charge is 2.16. The molecule has 5 nitrogen and oxygen atoms in total. The summed E-state index contributed by atoms with van der Waals surface area (Å²) < 4.78 is 45.1. The summed E-state index contributed by atoms with van der Waals surface area (Å²) in [6.07, 6.45) is 0. The van der Waals surface area contributed by atoms with Crippen LogP contribution < -0.4 is 4.72 Å². The van der Waals surface area contributed by atoms with Crippen LogP contribution in [0.3, 0.4) is 0 Å². The van der Waals surface area contributed by atoms with E-state index in [1.54, 1.807) is 6.92 Å². The third-order valence-electron chi connectivity index (χ3n) is 3.41. The summed E-state index contributed by atoms with van der Waals surface area (Å²) in [7, 11) is -3.63. The standard InChI is InChI=1S/C15H25FN2O3S/c1-4-18(5-2)9-11-21-10-8-17-22(19,20)15-7-6-14(16)12-13(15)3/h6-7,12,17H,4-5,8-11H2,1-3H3. The van der Waals surface area contributed by atoms with E-state index < -0.39 is 15.8 Å². The van der Waals surface area contributed by atoms with Crippen molar-refractivity contribution in [2.45, 2.75) is 25.7 Å². The summed E-state index contributed by atoms with van der Waals surface area (Å²) in [6.45, 7) is 9.57. The second-order valence-corrected chi connectivity index (χ2v) is 6.68. The van der Waals surface area contributed by atoms with Gasteiger partial charge in [0.1, 0.15) is 5.82 Å². The van der Waals surface area contributed by atoms with Gasteiger partial charge in [0, 0.05) is 13.1 Å². The van der Waals surface area contributed by atoms with Crippen molar-refractivity contribution in [3.05, 3.63) is 29.6 Å². The van der Waals surface area contributed by atoms with E-state index >= 15 is 0 Å². The van der Waals surface area contributed by atoms with Crippen molar-refractivity contribution >= 4 is 10.0 Å². The van der Waals surface area contributed by atoms with E-state index in [1.807, 2.05) is 0 Å². The fourth-order valence-corrected chi connectivity index (χ4v) is 3.31. The Morgan fingerprint density at radius 3 is 2.50 bits per heavy atom. The van der Waals surface area contributed by atoms with Gasteiger partial charge in [-0.1, -0.05) is 13.8 Å². The van der Waals surface area contributed by atoms with E-state index in [0.29, 0.717) is 18.8 Å². The number of hydrogen-bond donors (Lipinski definition) is 1. The lowest BCUT2D eigenvalue weighted by molar-refractivity contribution is 0.111. The molecule has 1 aromatic carbocycles. The summed E-state index contributed by atoms with van der Waals surface area (Å²) in [5, 5.41) is 0. The average Bonchev–Trinajstić information content (AvgIpc) is 2.46. The van der Waals surface area contributed by atoms with Crippen LogP contribution in [0, 0.1) is 12.7 Å². The van der Waals surface area contributed by atoms with E-state index in [-0.39, 0.29) is 11.4 Å². The van der Waals surface area contributed by atoms with Crippen LogP contribution in [0.15, 0.2) is 23.1 Å². The number of sulfonamides is 1. The first-order valence-electron chi connectivity index (χ1n) is 7.46. The maximum Gasteiger partial charge on any atom is 0.240 e. The van der Waals surface area contributed by atoms with E-state index in [2.05, 4.69) is 23.5 Å². The lowest BCUT2D eigenvalue weighted by atomic mass is 10.2. The lowest BCUT2D eigenvalue weighted by Crippen LogP contribution is -2.30. The van der Waals surface area contributed by atoms with Gasteiger partial charge in [-0.25, -0.2) is 17.5 Å². The molecule has 0 spiro atoms. The maximum absolute atomic E-state index is 13.0. The smallest absolute Gasteiger partial charge is 0.240 e. The number of likely N-dealkylation sites (N-methyl/N-ethyl adjacent to an activating group) is 1. The average molecular weight is 332 g/mol. The number of benzene rings is 1. The Hall–Kier alpha value is -1.02. The molecule has 0 heterocycles. The molecule has 0 aromatic heterocycles. The van der Waals surface area contributed by atoms with Crippen LogP contribution in [-0.2, 0) is 14.8 Å². The van der Waals surface area contributed by atoms with Crippen LogP contribution >= 0.6 is 0 Å². The van der Waals surface area contributed by atoms with Gasteiger partial charge in [-0.15, -0.1) is 0 Å². The molecule has 0 radical (unpaired) electrons. The fourth-order valence-electron chi connectivity index (χ4n) is 2.08. The molecule has 0 bridgehead atoms. The van der Waals surface area contributed by atoms with Crippen LogP contribution in [0.4, 0.5) is 4.39 Å². The Morgan fingerprint density at radius 2 is 1.91 bits per heavy atom. The predicted octanol–water partition coefficient (Wildman–Crippen LogP) is 1.77. The fraction of sp³-hybridized carbons (Fsp3) is 0.600. The first-order chi connectivity index (χ1) is 10.4. The number of ether oxygens (including phenoxy) is 1. The van der Waals surface area contributed by atoms with Gasteiger partial charge in [0.15, 0.2) is 0 Å². The molecule has 0 fully saturated rings. The number of aryl methyl sites for hydroxylation is 1. The van der Waals surface area contributed by atoms with Crippen molar-refractivity contribution in [2.75, 3.05) is 39.4 Å². The van der Waals surface area contributed by atoms with Gasteiger partial charge in [-0.2, -0.15) is 0 Å². The Labute approximate surface area is 132 Å². The van der Waals surface area contributed by atoms with E-state index in [4.69, 9.17) is 4.74 Å². The molecule has 1 rings (SSSR count). The summed E-state index contributed by atoms with van der Waals surface area (Å²) in [5.41, 5.74) is 0.384. The normalized spacial score (nSPS) is 12.0. The van der Waals surface area contributed by atoms with Crippen molar-refractivity contribution in [3.8, 4) is 0 Å². The Bertz CT molecular complexity index is 560. The lowest BCUT2D eigenvalue weighted by Gasteiger charge is -2.17. The molecular formula is C15H25FN2O3S. The Kier molecular flexibility index (Phi) is 7.95. The zero-order valence-electron chi connectivity index (χ0n) is 13.4. The Morgan fingerprint density at radius 1 is 1.23 bits per heavy atom. The van der Waals surface area contributed by atoms with E-state index in [1.165, 1.54) is 12.1 Å². The minimum absolute atomic E-state index is 0.0945. The van der Waals surface area contributed by atoms with Crippen LogP contribution in [0.5, 0.6) is 0 Å². The highest BCUT2D eigenvalue weighted by atomic mass is 32.2. The highest BCUT2D eigenvalue weighted by Crippen LogP contribution is 2.15. The minimum Gasteiger partial charge on any atom is -0.379 e. The third kappa shape index (κ3) is 6.00.